The van der Waals surface area contributed by atoms with Crippen molar-refractivity contribution in [3.63, 3.8) is 0 Å². The Bertz CT molecular complexity index is 771. The molecule has 1 aromatic heterocycles. The van der Waals surface area contributed by atoms with Crippen LogP contribution < -0.4 is 10.6 Å². The van der Waals surface area contributed by atoms with E-state index in [2.05, 4.69) is 21.7 Å². The van der Waals surface area contributed by atoms with E-state index in [4.69, 9.17) is 0 Å². The van der Waals surface area contributed by atoms with Gasteiger partial charge in [-0.15, -0.1) is 11.3 Å². The number of rotatable bonds is 5. The van der Waals surface area contributed by atoms with Crippen LogP contribution in [0.1, 0.15) is 31.4 Å². The molecular weight excluding hydrogens is 320 g/mol. The normalized spacial score (nSPS) is 15.7. The van der Waals surface area contributed by atoms with Crippen LogP contribution in [0.2, 0.25) is 0 Å². The molecule has 0 bridgehead atoms. The van der Waals surface area contributed by atoms with Gasteiger partial charge >= 0.3 is 0 Å². The van der Waals surface area contributed by atoms with Crippen molar-refractivity contribution in [3.05, 3.63) is 35.3 Å². The summed E-state index contributed by atoms with van der Waals surface area (Å²) in [5, 5.41) is 18.3. The van der Waals surface area contributed by atoms with Gasteiger partial charge in [-0.1, -0.05) is 12.1 Å². The summed E-state index contributed by atoms with van der Waals surface area (Å²) < 4.78 is 0. The lowest BCUT2D eigenvalue weighted by Crippen LogP contribution is -2.47. The van der Waals surface area contributed by atoms with Crippen LogP contribution in [0.15, 0.2) is 29.6 Å². The third-order valence-electron chi connectivity index (χ3n) is 4.23. The summed E-state index contributed by atoms with van der Waals surface area (Å²) in [6.07, 6.45) is 3.48. The zero-order chi connectivity index (χ0) is 17.0. The first-order chi connectivity index (χ1) is 11.6. The minimum Gasteiger partial charge on any atom is -0.376 e. The van der Waals surface area contributed by atoms with Crippen molar-refractivity contribution in [1.82, 2.24) is 10.3 Å². The fourth-order valence-corrected chi connectivity index (χ4v) is 3.78. The first kappa shape index (κ1) is 16.5. The van der Waals surface area contributed by atoms with E-state index in [1.165, 1.54) is 0 Å². The van der Waals surface area contributed by atoms with E-state index in [9.17, 15) is 10.1 Å². The van der Waals surface area contributed by atoms with Gasteiger partial charge in [0.1, 0.15) is 10.5 Å². The minimum atomic E-state index is -0.668. The van der Waals surface area contributed by atoms with Gasteiger partial charge in [0, 0.05) is 22.3 Å². The molecule has 0 unspecified atom stereocenters. The highest BCUT2D eigenvalue weighted by molar-refractivity contribution is 7.13. The number of nitriles is 1. The molecule has 0 radical (unpaired) electrons. The van der Waals surface area contributed by atoms with Gasteiger partial charge in [0.05, 0.1) is 12.6 Å². The van der Waals surface area contributed by atoms with Gasteiger partial charge in [-0.2, -0.15) is 5.26 Å². The summed E-state index contributed by atoms with van der Waals surface area (Å²) in [7, 11) is 0. The Morgan fingerprint density at radius 2 is 2.21 bits per heavy atom. The Hall–Kier alpha value is -2.39. The van der Waals surface area contributed by atoms with E-state index in [-0.39, 0.29) is 12.5 Å². The molecule has 2 aromatic rings. The van der Waals surface area contributed by atoms with E-state index in [1.54, 1.807) is 11.3 Å². The van der Waals surface area contributed by atoms with E-state index in [0.29, 0.717) is 0 Å². The number of aromatic nitrogens is 1. The average Bonchev–Trinajstić information content (AvgIpc) is 3.23. The largest absolute Gasteiger partial charge is 0.376 e. The van der Waals surface area contributed by atoms with Crippen LogP contribution in [0.4, 0.5) is 5.69 Å². The van der Waals surface area contributed by atoms with Crippen LogP contribution in [0.25, 0.3) is 10.6 Å². The van der Waals surface area contributed by atoms with Gasteiger partial charge < -0.3 is 10.6 Å². The van der Waals surface area contributed by atoms with Crippen molar-refractivity contribution < 1.29 is 4.79 Å². The number of aryl methyl sites for hydroxylation is 1. The van der Waals surface area contributed by atoms with Crippen molar-refractivity contribution in [3.8, 4) is 16.6 Å². The predicted molar refractivity (Wildman–Crippen MR) is 95.7 cm³/mol. The Labute approximate surface area is 145 Å². The van der Waals surface area contributed by atoms with Gasteiger partial charge in [0.2, 0.25) is 5.91 Å². The molecule has 1 amide bonds. The summed E-state index contributed by atoms with van der Waals surface area (Å²) in [6, 6.07) is 10.1. The Balaban J connectivity index is 1.60. The number of hydrogen-bond donors (Lipinski definition) is 2. The summed E-state index contributed by atoms with van der Waals surface area (Å²) in [5.41, 5.74) is 2.24. The van der Waals surface area contributed by atoms with E-state index < -0.39 is 5.54 Å². The van der Waals surface area contributed by atoms with Crippen LogP contribution in [-0.4, -0.2) is 23.0 Å². The van der Waals surface area contributed by atoms with E-state index >= 15 is 0 Å². The third kappa shape index (κ3) is 3.74. The topological polar surface area (TPSA) is 77.8 Å². The smallest absolute Gasteiger partial charge is 0.240 e. The minimum absolute atomic E-state index is 0.144. The highest BCUT2D eigenvalue weighted by atomic mass is 32.1. The molecule has 0 spiro atoms. The fraction of sp³-hybridized carbons (Fsp3) is 0.389. The second-order valence-electron chi connectivity index (χ2n) is 6.18. The molecule has 3 rings (SSSR count). The molecule has 1 fully saturated rings. The van der Waals surface area contributed by atoms with E-state index in [1.807, 2.05) is 36.6 Å². The summed E-state index contributed by atoms with van der Waals surface area (Å²) >= 11 is 1.61. The van der Waals surface area contributed by atoms with E-state index in [0.717, 1.165) is 47.6 Å². The first-order valence-electron chi connectivity index (χ1n) is 8.09. The molecule has 124 valence electrons. The van der Waals surface area contributed by atoms with Gasteiger partial charge in [-0.25, -0.2) is 4.98 Å². The van der Waals surface area contributed by atoms with Crippen molar-refractivity contribution in [2.24, 2.45) is 0 Å². The van der Waals surface area contributed by atoms with Gasteiger partial charge in [-0.05, 0) is 44.7 Å². The maximum absolute atomic E-state index is 12.2. The Kier molecular flexibility index (Phi) is 4.81. The summed E-state index contributed by atoms with van der Waals surface area (Å²) in [6.45, 7) is 2.13. The number of nitrogens with zero attached hydrogens (tertiary/aromatic N) is 2. The Morgan fingerprint density at radius 1 is 1.42 bits per heavy atom. The van der Waals surface area contributed by atoms with Crippen molar-refractivity contribution in [2.45, 2.75) is 38.1 Å². The molecule has 1 aliphatic carbocycles. The van der Waals surface area contributed by atoms with Gasteiger partial charge in [0.15, 0.2) is 0 Å². The lowest BCUT2D eigenvalue weighted by atomic mass is 10.00. The van der Waals surface area contributed by atoms with Crippen LogP contribution in [0.5, 0.6) is 0 Å². The Morgan fingerprint density at radius 3 is 2.88 bits per heavy atom. The molecule has 6 heteroatoms. The van der Waals surface area contributed by atoms with Crippen LogP contribution in [0, 0.1) is 18.3 Å². The molecule has 2 N–H and O–H groups in total. The molecule has 24 heavy (non-hydrogen) atoms. The number of carbonyl (C=O) groups is 1. The highest BCUT2D eigenvalue weighted by Gasteiger charge is 2.35. The van der Waals surface area contributed by atoms with Crippen LogP contribution in [0.3, 0.4) is 0 Å². The van der Waals surface area contributed by atoms with Crippen LogP contribution in [-0.2, 0) is 4.79 Å². The molecule has 1 aliphatic rings. The number of hydrogen-bond acceptors (Lipinski definition) is 5. The fourth-order valence-electron chi connectivity index (χ4n) is 2.99. The van der Waals surface area contributed by atoms with Crippen molar-refractivity contribution >= 4 is 22.9 Å². The molecule has 1 aromatic carbocycles. The maximum atomic E-state index is 12.2. The second-order valence-corrected chi connectivity index (χ2v) is 7.04. The lowest BCUT2D eigenvalue weighted by molar-refractivity contribution is -0.120. The number of thiazole rings is 1. The zero-order valence-electron chi connectivity index (χ0n) is 13.6. The van der Waals surface area contributed by atoms with Crippen LogP contribution >= 0.6 is 11.3 Å². The highest BCUT2D eigenvalue weighted by Crippen LogP contribution is 2.29. The molecule has 0 aliphatic heterocycles. The predicted octanol–water partition coefficient (Wildman–Crippen LogP) is 3.48. The average molecular weight is 340 g/mol. The second kappa shape index (κ2) is 7.02. The molecule has 1 heterocycles. The molecule has 5 nitrogen and oxygen atoms in total. The zero-order valence-corrected chi connectivity index (χ0v) is 14.4. The third-order valence-corrected chi connectivity index (χ3v) is 5.24. The standard InChI is InChI=1S/C18H20N4OS/c1-13-11-24-17(21-13)14-5-4-6-15(9-14)20-10-16(23)22-18(12-19)7-2-3-8-18/h4-6,9,11,20H,2-3,7-8,10H2,1H3,(H,22,23). The number of nitrogens with one attached hydrogen (secondary N) is 2. The van der Waals surface area contributed by atoms with Gasteiger partial charge in [-0.3, -0.25) is 4.79 Å². The number of carbonyl (C=O) groups excluding carboxylic acids is 1. The molecular formula is C18H20N4OS. The van der Waals surface area contributed by atoms with Crippen molar-refractivity contribution in [2.75, 3.05) is 11.9 Å². The number of amides is 1. The SMILES string of the molecule is Cc1csc(-c2cccc(NCC(=O)NC3(C#N)CCCC3)c2)n1. The lowest BCUT2D eigenvalue weighted by Gasteiger charge is -2.22. The summed E-state index contributed by atoms with van der Waals surface area (Å²) in [5.74, 6) is -0.144. The first-order valence-corrected chi connectivity index (χ1v) is 8.97. The molecule has 0 atom stereocenters. The molecule has 0 saturated heterocycles. The van der Waals surface area contributed by atoms with Crippen molar-refractivity contribution in [1.29, 1.82) is 5.26 Å². The number of benzene rings is 1. The summed E-state index contributed by atoms with van der Waals surface area (Å²) in [4.78, 5) is 16.6. The molecule has 1 saturated carbocycles. The van der Waals surface area contributed by atoms with Gasteiger partial charge in [0.25, 0.3) is 0 Å². The monoisotopic (exact) mass is 340 g/mol. The number of anilines is 1. The maximum Gasteiger partial charge on any atom is 0.240 e. The quantitative estimate of drug-likeness (QED) is 0.873.